The second-order valence-corrected chi connectivity index (χ2v) is 3.90. The summed E-state index contributed by atoms with van der Waals surface area (Å²) in [5.74, 6) is 0. The molecule has 0 fully saturated rings. The number of hydrogen-bond acceptors (Lipinski definition) is 2. The van der Waals surface area contributed by atoms with Crippen molar-refractivity contribution in [1.29, 1.82) is 0 Å². The van der Waals surface area contributed by atoms with Crippen LogP contribution in [0, 0.1) is 6.92 Å². The van der Waals surface area contributed by atoms with E-state index in [0.29, 0.717) is 10.7 Å². The number of rotatable bonds is 1. The van der Waals surface area contributed by atoms with Crippen LogP contribution in [0.5, 0.6) is 0 Å². The Morgan fingerprint density at radius 1 is 1.13 bits per heavy atom. The first-order valence-corrected chi connectivity index (χ1v) is 5.02. The van der Waals surface area contributed by atoms with Gasteiger partial charge < -0.3 is 5.73 Å². The van der Waals surface area contributed by atoms with Gasteiger partial charge in [-0.2, -0.15) is 0 Å². The van der Waals surface area contributed by atoms with Crippen LogP contribution in [0.25, 0.3) is 11.1 Å². The van der Waals surface area contributed by atoms with Gasteiger partial charge in [-0.1, -0.05) is 11.6 Å². The maximum atomic E-state index is 5.94. The van der Waals surface area contributed by atoms with Crippen LogP contribution >= 0.6 is 11.6 Å². The predicted molar refractivity (Wildman–Crippen MR) is 63.8 cm³/mol. The molecule has 0 saturated heterocycles. The molecule has 2 rings (SSSR count). The Balaban J connectivity index is 2.54. The molecule has 0 aliphatic rings. The van der Waals surface area contributed by atoms with Gasteiger partial charge in [-0.05, 0) is 48.4 Å². The fourth-order valence-electron chi connectivity index (χ4n) is 1.50. The predicted octanol–water partition coefficient (Wildman–Crippen LogP) is 3.29. The molecule has 0 bridgehead atoms. The molecule has 1 heterocycles. The number of nitrogens with two attached hydrogens (primary N) is 1. The number of benzene rings is 1. The Morgan fingerprint density at radius 2 is 1.93 bits per heavy atom. The summed E-state index contributed by atoms with van der Waals surface area (Å²) in [5, 5.41) is 0.652. The molecule has 15 heavy (non-hydrogen) atoms. The fourth-order valence-corrected chi connectivity index (χ4v) is 1.75. The Hall–Kier alpha value is -1.54. The average Bonchev–Trinajstić information content (AvgIpc) is 2.16. The molecule has 0 spiro atoms. The molecule has 0 radical (unpaired) electrons. The van der Waals surface area contributed by atoms with Crippen LogP contribution in [0.1, 0.15) is 5.69 Å². The molecule has 2 nitrogen and oxygen atoms in total. The third-order valence-corrected chi connectivity index (χ3v) is 2.37. The minimum atomic E-state index is 0.652. The van der Waals surface area contributed by atoms with Gasteiger partial charge in [0.15, 0.2) is 0 Å². The molecule has 0 atom stereocenters. The van der Waals surface area contributed by atoms with E-state index in [1.165, 1.54) is 0 Å². The first kappa shape index (κ1) is 9.99. The van der Waals surface area contributed by atoms with Gasteiger partial charge in [0, 0.05) is 22.6 Å². The average molecular weight is 219 g/mol. The molecule has 0 unspecified atom stereocenters. The van der Waals surface area contributed by atoms with E-state index in [2.05, 4.69) is 4.98 Å². The van der Waals surface area contributed by atoms with Crippen LogP contribution in [0.15, 0.2) is 36.5 Å². The molecule has 2 N–H and O–H groups in total. The standard InChI is InChI=1S/C12H11ClN2/c1-8-4-9(2-3-15-8)10-5-11(13)7-12(14)6-10/h2-7H,14H2,1H3. The Bertz CT molecular complexity index is 474. The van der Waals surface area contributed by atoms with Crippen LogP contribution in [0.3, 0.4) is 0 Å². The summed E-state index contributed by atoms with van der Waals surface area (Å²) in [4.78, 5) is 4.15. The zero-order valence-electron chi connectivity index (χ0n) is 8.37. The molecule has 2 aromatic rings. The maximum Gasteiger partial charge on any atom is 0.0432 e. The Labute approximate surface area is 93.7 Å². The fraction of sp³-hybridized carbons (Fsp3) is 0.0833. The highest BCUT2D eigenvalue weighted by Crippen LogP contribution is 2.25. The molecular formula is C12H11ClN2. The van der Waals surface area contributed by atoms with E-state index in [-0.39, 0.29) is 0 Å². The van der Waals surface area contributed by atoms with Crippen molar-refractivity contribution in [2.75, 3.05) is 5.73 Å². The summed E-state index contributed by atoms with van der Waals surface area (Å²) in [6, 6.07) is 9.48. The van der Waals surface area contributed by atoms with E-state index in [0.717, 1.165) is 16.8 Å². The van der Waals surface area contributed by atoms with Crippen molar-refractivity contribution in [3.05, 3.63) is 47.2 Å². The monoisotopic (exact) mass is 218 g/mol. The van der Waals surface area contributed by atoms with Gasteiger partial charge in [-0.15, -0.1) is 0 Å². The summed E-state index contributed by atoms with van der Waals surface area (Å²) < 4.78 is 0. The van der Waals surface area contributed by atoms with Crippen molar-refractivity contribution in [3.8, 4) is 11.1 Å². The second-order valence-electron chi connectivity index (χ2n) is 3.46. The van der Waals surface area contributed by atoms with Crippen molar-refractivity contribution >= 4 is 17.3 Å². The number of nitrogen functional groups attached to an aromatic ring is 1. The number of aromatic nitrogens is 1. The summed E-state index contributed by atoms with van der Waals surface area (Å²) in [6.45, 7) is 1.96. The van der Waals surface area contributed by atoms with E-state index in [9.17, 15) is 0 Å². The smallest absolute Gasteiger partial charge is 0.0432 e. The van der Waals surface area contributed by atoms with E-state index in [1.807, 2.05) is 31.2 Å². The minimum Gasteiger partial charge on any atom is -0.399 e. The number of aryl methyl sites for hydroxylation is 1. The van der Waals surface area contributed by atoms with Gasteiger partial charge in [-0.3, -0.25) is 4.98 Å². The lowest BCUT2D eigenvalue weighted by Gasteiger charge is -2.04. The molecule has 76 valence electrons. The second kappa shape index (κ2) is 3.91. The Kier molecular flexibility index (Phi) is 2.60. The third-order valence-electron chi connectivity index (χ3n) is 2.15. The zero-order chi connectivity index (χ0) is 10.8. The quantitative estimate of drug-likeness (QED) is 0.746. The molecule has 0 amide bonds. The molecule has 1 aromatic heterocycles. The van der Waals surface area contributed by atoms with E-state index >= 15 is 0 Å². The van der Waals surface area contributed by atoms with Crippen molar-refractivity contribution < 1.29 is 0 Å². The summed E-state index contributed by atoms with van der Waals surface area (Å²) >= 11 is 5.94. The van der Waals surface area contributed by atoms with E-state index in [4.69, 9.17) is 17.3 Å². The highest BCUT2D eigenvalue weighted by atomic mass is 35.5. The van der Waals surface area contributed by atoms with Gasteiger partial charge in [-0.25, -0.2) is 0 Å². The summed E-state index contributed by atoms with van der Waals surface area (Å²) in [5.41, 5.74) is 9.48. The summed E-state index contributed by atoms with van der Waals surface area (Å²) in [6.07, 6.45) is 1.78. The highest BCUT2D eigenvalue weighted by Gasteiger charge is 2.01. The lowest BCUT2D eigenvalue weighted by molar-refractivity contribution is 1.20. The SMILES string of the molecule is Cc1cc(-c2cc(N)cc(Cl)c2)ccn1. The van der Waals surface area contributed by atoms with Crippen LogP contribution in [0.2, 0.25) is 5.02 Å². The molecule has 0 aliphatic carbocycles. The van der Waals surface area contributed by atoms with Crippen LogP contribution in [-0.2, 0) is 0 Å². The first-order valence-electron chi connectivity index (χ1n) is 4.64. The highest BCUT2D eigenvalue weighted by molar-refractivity contribution is 6.31. The number of hydrogen-bond donors (Lipinski definition) is 1. The van der Waals surface area contributed by atoms with Gasteiger partial charge in [0.05, 0.1) is 0 Å². The van der Waals surface area contributed by atoms with Gasteiger partial charge in [0.25, 0.3) is 0 Å². The number of pyridine rings is 1. The van der Waals surface area contributed by atoms with E-state index in [1.54, 1.807) is 12.3 Å². The number of nitrogens with zero attached hydrogens (tertiary/aromatic N) is 1. The largest absolute Gasteiger partial charge is 0.399 e. The van der Waals surface area contributed by atoms with Crippen LogP contribution in [-0.4, -0.2) is 4.98 Å². The van der Waals surface area contributed by atoms with Crippen molar-refractivity contribution in [2.45, 2.75) is 6.92 Å². The topological polar surface area (TPSA) is 38.9 Å². The zero-order valence-corrected chi connectivity index (χ0v) is 9.12. The minimum absolute atomic E-state index is 0.652. The van der Waals surface area contributed by atoms with Gasteiger partial charge in [0.1, 0.15) is 0 Å². The third kappa shape index (κ3) is 2.28. The molecule has 0 saturated carbocycles. The van der Waals surface area contributed by atoms with Gasteiger partial charge >= 0.3 is 0 Å². The van der Waals surface area contributed by atoms with Gasteiger partial charge in [0.2, 0.25) is 0 Å². The number of anilines is 1. The summed E-state index contributed by atoms with van der Waals surface area (Å²) in [7, 11) is 0. The van der Waals surface area contributed by atoms with Crippen molar-refractivity contribution in [1.82, 2.24) is 4.98 Å². The molecule has 1 aromatic carbocycles. The number of halogens is 1. The van der Waals surface area contributed by atoms with E-state index < -0.39 is 0 Å². The lowest BCUT2D eigenvalue weighted by atomic mass is 10.1. The van der Waals surface area contributed by atoms with Crippen molar-refractivity contribution in [3.63, 3.8) is 0 Å². The molecule has 3 heteroatoms. The molecular weight excluding hydrogens is 208 g/mol. The normalized spacial score (nSPS) is 10.3. The van der Waals surface area contributed by atoms with Crippen LogP contribution in [0.4, 0.5) is 5.69 Å². The van der Waals surface area contributed by atoms with Crippen molar-refractivity contribution in [2.24, 2.45) is 0 Å². The Morgan fingerprint density at radius 3 is 2.60 bits per heavy atom. The lowest BCUT2D eigenvalue weighted by Crippen LogP contribution is -1.87. The molecule has 0 aliphatic heterocycles. The first-order chi connectivity index (χ1) is 7.15. The maximum absolute atomic E-state index is 5.94. The van der Waals surface area contributed by atoms with Crippen LogP contribution < -0.4 is 5.73 Å².